The molecule has 18 heavy (non-hydrogen) atoms. The molecule has 0 radical (unpaired) electrons. The fourth-order valence-corrected chi connectivity index (χ4v) is 1.78. The van der Waals surface area contributed by atoms with E-state index in [1.54, 1.807) is 13.0 Å². The Hall–Kier alpha value is -1.76. The van der Waals surface area contributed by atoms with Crippen molar-refractivity contribution < 1.29 is 18.8 Å². The van der Waals surface area contributed by atoms with E-state index in [0.29, 0.717) is 5.56 Å². The number of hydrogen-bond acceptors (Lipinski definition) is 4. The van der Waals surface area contributed by atoms with Gasteiger partial charge < -0.3 is 10.0 Å². The van der Waals surface area contributed by atoms with E-state index in [4.69, 9.17) is 5.11 Å². The molecule has 0 amide bonds. The van der Waals surface area contributed by atoms with Crippen LogP contribution in [0.1, 0.15) is 5.56 Å². The Morgan fingerprint density at radius 1 is 1.50 bits per heavy atom. The van der Waals surface area contributed by atoms with E-state index in [1.807, 2.05) is 0 Å². The van der Waals surface area contributed by atoms with Crippen LogP contribution in [-0.4, -0.2) is 36.2 Å². The van der Waals surface area contributed by atoms with Gasteiger partial charge in [0.05, 0.1) is 18.1 Å². The molecule has 1 aromatic rings. The number of halogens is 2. The van der Waals surface area contributed by atoms with Crippen LogP contribution in [0.4, 0.5) is 20.2 Å². The molecule has 1 aromatic carbocycles. The van der Waals surface area contributed by atoms with Gasteiger partial charge in [0.1, 0.15) is 5.69 Å². The lowest BCUT2D eigenvalue weighted by molar-refractivity contribution is -0.384. The SMILES string of the molecule is Cc1cccc([N+](=O)[O-])c1N(CCO)CC(F)F. The van der Waals surface area contributed by atoms with Crippen LogP contribution >= 0.6 is 0 Å². The Morgan fingerprint density at radius 3 is 2.67 bits per heavy atom. The highest BCUT2D eigenvalue weighted by molar-refractivity contribution is 5.67. The molecule has 0 atom stereocenters. The number of aliphatic hydroxyl groups excluding tert-OH is 1. The zero-order valence-corrected chi connectivity index (χ0v) is 9.84. The summed E-state index contributed by atoms with van der Waals surface area (Å²) in [5, 5.41) is 19.8. The number of para-hydroxylation sites is 1. The maximum Gasteiger partial charge on any atom is 0.292 e. The Labute approximate surface area is 103 Å². The number of nitro groups is 1. The van der Waals surface area contributed by atoms with E-state index in [0.717, 1.165) is 4.90 Å². The predicted octanol–water partition coefficient (Wildman–Crippen LogP) is 1.97. The van der Waals surface area contributed by atoms with E-state index in [2.05, 4.69) is 0 Å². The summed E-state index contributed by atoms with van der Waals surface area (Å²) in [6, 6.07) is 4.37. The molecule has 0 spiro atoms. The van der Waals surface area contributed by atoms with Crippen molar-refractivity contribution in [2.45, 2.75) is 13.3 Å². The molecule has 1 rings (SSSR count). The molecule has 0 aliphatic rings. The summed E-state index contributed by atoms with van der Waals surface area (Å²) in [7, 11) is 0. The van der Waals surface area contributed by atoms with Gasteiger partial charge in [0.15, 0.2) is 0 Å². The fraction of sp³-hybridized carbons (Fsp3) is 0.455. The first kappa shape index (κ1) is 14.3. The van der Waals surface area contributed by atoms with Gasteiger partial charge in [0, 0.05) is 12.6 Å². The molecular weight excluding hydrogens is 246 g/mol. The van der Waals surface area contributed by atoms with Gasteiger partial charge in [0.25, 0.3) is 12.1 Å². The second kappa shape index (κ2) is 6.25. The number of nitro benzene ring substituents is 1. The molecule has 0 unspecified atom stereocenters. The van der Waals surface area contributed by atoms with Gasteiger partial charge in [-0.1, -0.05) is 12.1 Å². The number of benzene rings is 1. The average molecular weight is 260 g/mol. The third kappa shape index (κ3) is 3.36. The maximum atomic E-state index is 12.5. The molecular formula is C11H14F2N2O3. The summed E-state index contributed by atoms with van der Waals surface area (Å²) in [4.78, 5) is 11.4. The van der Waals surface area contributed by atoms with Crippen LogP contribution in [0.2, 0.25) is 0 Å². The van der Waals surface area contributed by atoms with Gasteiger partial charge in [0.2, 0.25) is 0 Å². The highest BCUT2D eigenvalue weighted by Crippen LogP contribution is 2.31. The summed E-state index contributed by atoms with van der Waals surface area (Å²) >= 11 is 0. The molecule has 5 nitrogen and oxygen atoms in total. The van der Waals surface area contributed by atoms with Gasteiger partial charge in [-0.15, -0.1) is 0 Å². The van der Waals surface area contributed by atoms with Gasteiger partial charge >= 0.3 is 0 Å². The van der Waals surface area contributed by atoms with Gasteiger partial charge in [-0.25, -0.2) is 8.78 Å². The van der Waals surface area contributed by atoms with E-state index >= 15 is 0 Å². The third-order valence-corrected chi connectivity index (χ3v) is 2.46. The normalized spacial score (nSPS) is 10.7. The van der Waals surface area contributed by atoms with Crippen molar-refractivity contribution in [3.63, 3.8) is 0 Å². The highest BCUT2D eigenvalue weighted by Gasteiger charge is 2.23. The summed E-state index contributed by atoms with van der Waals surface area (Å²) in [6.07, 6.45) is -2.63. The van der Waals surface area contributed by atoms with Crippen LogP contribution in [0.3, 0.4) is 0 Å². The summed E-state index contributed by atoms with van der Waals surface area (Å²) in [5.41, 5.74) is 0.430. The summed E-state index contributed by atoms with van der Waals surface area (Å²) < 4.78 is 24.9. The van der Waals surface area contributed by atoms with E-state index in [9.17, 15) is 18.9 Å². The zero-order valence-electron chi connectivity index (χ0n) is 9.84. The number of anilines is 1. The maximum absolute atomic E-state index is 12.5. The van der Waals surface area contributed by atoms with E-state index in [1.165, 1.54) is 12.1 Å². The van der Waals surface area contributed by atoms with Crippen molar-refractivity contribution in [3.05, 3.63) is 33.9 Å². The molecule has 0 aliphatic heterocycles. The van der Waals surface area contributed by atoms with Crippen molar-refractivity contribution >= 4 is 11.4 Å². The van der Waals surface area contributed by atoms with Gasteiger partial charge in [-0.2, -0.15) is 0 Å². The number of rotatable bonds is 6. The highest BCUT2D eigenvalue weighted by atomic mass is 19.3. The Bertz CT molecular complexity index is 427. The monoisotopic (exact) mass is 260 g/mol. The minimum atomic E-state index is -2.63. The number of aliphatic hydroxyl groups is 1. The van der Waals surface area contributed by atoms with E-state index < -0.39 is 17.9 Å². The van der Waals surface area contributed by atoms with Crippen LogP contribution in [0.5, 0.6) is 0 Å². The molecule has 0 aliphatic carbocycles. The second-order valence-electron chi connectivity index (χ2n) is 3.76. The lowest BCUT2D eigenvalue weighted by Crippen LogP contribution is -2.32. The zero-order chi connectivity index (χ0) is 13.7. The largest absolute Gasteiger partial charge is 0.395 e. The number of hydrogen-bond donors (Lipinski definition) is 1. The number of nitrogens with zero attached hydrogens (tertiary/aromatic N) is 2. The second-order valence-corrected chi connectivity index (χ2v) is 3.76. The van der Waals surface area contributed by atoms with Crippen LogP contribution in [0.15, 0.2) is 18.2 Å². The molecule has 0 fully saturated rings. The molecule has 0 saturated heterocycles. The first-order chi connectivity index (χ1) is 8.47. The molecule has 100 valence electrons. The Kier molecular flexibility index (Phi) is 4.96. The van der Waals surface area contributed by atoms with Crippen LogP contribution in [-0.2, 0) is 0 Å². The molecule has 0 aromatic heterocycles. The van der Waals surface area contributed by atoms with Crippen molar-refractivity contribution in [2.75, 3.05) is 24.6 Å². The van der Waals surface area contributed by atoms with Crippen LogP contribution in [0.25, 0.3) is 0 Å². The lowest BCUT2D eigenvalue weighted by atomic mass is 10.1. The average Bonchev–Trinajstić information content (AvgIpc) is 2.27. The predicted molar refractivity (Wildman–Crippen MR) is 63.1 cm³/mol. The minimum Gasteiger partial charge on any atom is -0.395 e. The summed E-state index contributed by atoms with van der Waals surface area (Å²) in [5.74, 6) is 0. The minimum absolute atomic E-state index is 0.0734. The van der Waals surface area contributed by atoms with Crippen molar-refractivity contribution in [1.82, 2.24) is 0 Å². The number of aryl methyl sites for hydroxylation is 1. The van der Waals surface area contributed by atoms with Crippen LogP contribution in [0, 0.1) is 17.0 Å². The van der Waals surface area contributed by atoms with E-state index in [-0.39, 0.29) is 24.5 Å². The molecule has 0 bridgehead atoms. The smallest absolute Gasteiger partial charge is 0.292 e. The van der Waals surface area contributed by atoms with Gasteiger partial charge in [-0.05, 0) is 12.5 Å². The first-order valence-corrected chi connectivity index (χ1v) is 5.35. The Morgan fingerprint density at radius 2 is 2.17 bits per heavy atom. The fourth-order valence-electron chi connectivity index (χ4n) is 1.78. The molecule has 1 N–H and O–H groups in total. The molecule has 0 saturated carbocycles. The lowest BCUT2D eigenvalue weighted by Gasteiger charge is -2.24. The van der Waals surface area contributed by atoms with Crippen LogP contribution < -0.4 is 4.90 Å². The topological polar surface area (TPSA) is 66.6 Å². The van der Waals surface area contributed by atoms with Crippen molar-refractivity contribution in [1.29, 1.82) is 0 Å². The van der Waals surface area contributed by atoms with Crippen molar-refractivity contribution in [3.8, 4) is 0 Å². The summed E-state index contributed by atoms with van der Waals surface area (Å²) in [6.45, 7) is 0.540. The van der Waals surface area contributed by atoms with Crippen molar-refractivity contribution in [2.24, 2.45) is 0 Å². The number of alkyl halides is 2. The quantitative estimate of drug-likeness (QED) is 0.627. The van der Waals surface area contributed by atoms with Gasteiger partial charge in [-0.3, -0.25) is 10.1 Å². The Balaban J connectivity index is 3.20. The molecule has 7 heteroatoms. The first-order valence-electron chi connectivity index (χ1n) is 5.35. The third-order valence-electron chi connectivity index (χ3n) is 2.46. The molecule has 0 heterocycles. The standard InChI is InChI=1S/C11H14F2N2O3/c1-8-3-2-4-9(15(17)18)11(8)14(5-6-16)7-10(12)13/h2-4,10,16H,5-7H2,1H3.